The minimum Gasteiger partial charge on any atom is -0.497 e. The lowest BCUT2D eigenvalue weighted by atomic mass is 9.92. The van der Waals surface area contributed by atoms with Crippen molar-refractivity contribution < 1.29 is 9.53 Å². The van der Waals surface area contributed by atoms with Gasteiger partial charge in [0.25, 0.3) is 5.91 Å². The molecule has 3 rings (SSSR count). The van der Waals surface area contributed by atoms with Gasteiger partial charge in [-0.05, 0) is 64.3 Å². The topological polar surface area (TPSA) is 56.1 Å². The van der Waals surface area contributed by atoms with Gasteiger partial charge in [-0.2, -0.15) is 5.10 Å². The molecule has 0 spiro atoms. The highest BCUT2D eigenvalue weighted by atomic mass is 16.5. The molecule has 0 unspecified atom stereocenters. The largest absolute Gasteiger partial charge is 0.497 e. The molecule has 1 aliphatic carbocycles. The Hall–Kier alpha value is -2.30. The van der Waals surface area contributed by atoms with E-state index in [1.165, 1.54) is 5.69 Å². The van der Waals surface area contributed by atoms with Crippen LogP contribution in [0.25, 0.3) is 0 Å². The number of ether oxygens (including phenoxy) is 1. The van der Waals surface area contributed by atoms with Crippen molar-refractivity contribution in [3.8, 4) is 5.75 Å². The molecule has 0 saturated carbocycles. The predicted octanol–water partition coefficient (Wildman–Crippen LogP) is 3.45. The van der Waals surface area contributed by atoms with Crippen LogP contribution < -0.4 is 10.1 Å². The van der Waals surface area contributed by atoms with E-state index in [9.17, 15) is 4.79 Å². The van der Waals surface area contributed by atoms with E-state index >= 15 is 0 Å². The highest BCUT2D eigenvalue weighted by Crippen LogP contribution is 2.32. The van der Waals surface area contributed by atoms with Gasteiger partial charge in [0.15, 0.2) is 0 Å². The summed E-state index contributed by atoms with van der Waals surface area (Å²) in [7, 11) is 1.62. The molecule has 0 bridgehead atoms. The van der Waals surface area contributed by atoms with E-state index in [0.29, 0.717) is 5.56 Å². The van der Waals surface area contributed by atoms with E-state index in [1.807, 2.05) is 6.20 Å². The van der Waals surface area contributed by atoms with Crippen LogP contribution in [0.5, 0.6) is 5.75 Å². The second kappa shape index (κ2) is 6.30. The third kappa shape index (κ3) is 3.16. The van der Waals surface area contributed by atoms with Gasteiger partial charge in [0.2, 0.25) is 0 Å². The molecule has 128 valence electrons. The first-order valence-corrected chi connectivity index (χ1v) is 8.42. The number of amides is 1. The summed E-state index contributed by atoms with van der Waals surface area (Å²) < 4.78 is 7.23. The van der Waals surface area contributed by atoms with Crippen LogP contribution in [0.3, 0.4) is 0 Å². The maximum absolute atomic E-state index is 12.5. The van der Waals surface area contributed by atoms with E-state index in [0.717, 1.165) is 30.6 Å². The Kier molecular flexibility index (Phi) is 4.35. The summed E-state index contributed by atoms with van der Waals surface area (Å²) in [5.41, 5.74) is 2.99. The number of benzene rings is 1. The second-order valence-electron chi connectivity index (χ2n) is 7.28. The SMILES string of the molecule is COc1ccc(C(=O)N[C@@H]2CCCc3c2cnn3C(C)(C)C)cc1. The van der Waals surface area contributed by atoms with Gasteiger partial charge >= 0.3 is 0 Å². The van der Waals surface area contributed by atoms with Gasteiger partial charge in [0.05, 0.1) is 24.9 Å². The van der Waals surface area contributed by atoms with Crippen molar-refractivity contribution in [3.05, 3.63) is 47.3 Å². The average Bonchev–Trinajstić information content (AvgIpc) is 3.00. The van der Waals surface area contributed by atoms with Crippen LogP contribution in [-0.4, -0.2) is 22.8 Å². The van der Waals surface area contributed by atoms with Gasteiger partial charge in [0, 0.05) is 16.8 Å². The molecule has 1 atom stereocenters. The number of hydrogen-bond acceptors (Lipinski definition) is 3. The maximum atomic E-state index is 12.5. The average molecular weight is 327 g/mol. The number of carbonyl (C=O) groups excluding carboxylic acids is 1. The molecule has 1 amide bonds. The highest BCUT2D eigenvalue weighted by molar-refractivity contribution is 5.94. The summed E-state index contributed by atoms with van der Waals surface area (Å²) in [6.45, 7) is 6.46. The molecule has 1 aliphatic rings. The van der Waals surface area contributed by atoms with Gasteiger partial charge in [0.1, 0.15) is 5.75 Å². The molecule has 5 heteroatoms. The minimum atomic E-state index is -0.0565. The summed E-state index contributed by atoms with van der Waals surface area (Å²) in [6.07, 6.45) is 4.94. The smallest absolute Gasteiger partial charge is 0.251 e. The maximum Gasteiger partial charge on any atom is 0.251 e. The van der Waals surface area contributed by atoms with Crippen LogP contribution in [0.4, 0.5) is 0 Å². The van der Waals surface area contributed by atoms with E-state index in [1.54, 1.807) is 31.4 Å². The number of rotatable bonds is 3. The van der Waals surface area contributed by atoms with Crippen molar-refractivity contribution >= 4 is 5.91 Å². The van der Waals surface area contributed by atoms with Crippen molar-refractivity contribution in [1.29, 1.82) is 0 Å². The quantitative estimate of drug-likeness (QED) is 0.939. The Morgan fingerprint density at radius 2 is 2.00 bits per heavy atom. The Morgan fingerprint density at radius 3 is 2.62 bits per heavy atom. The normalized spacial score (nSPS) is 17.2. The summed E-state index contributed by atoms with van der Waals surface area (Å²) in [5.74, 6) is 0.692. The first-order chi connectivity index (χ1) is 11.4. The Bertz CT molecular complexity index is 726. The number of methoxy groups -OCH3 is 1. The third-order valence-corrected chi connectivity index (χ3v) is 4.48. The molecule has 1 aromatic carbocycles. The third-order valence-electron chi connectivity index (χ3n) is 4.48. The van der Waals surface area contributed by atoms with E-state index in [-0.39, 0.29) is 17.5 Å². The van der Waals surface area contributed by atoms with Crippen molar-refractivity contribution in [2.45, 2.75) is 51.6 Å². The van der Waals surface area contributed by atoms with E-state index < -0.39 is 0 Å². The summed E-state index contributed by atoms with van der Waals surface area (Å²) in [6, 6.07) is 7.21. The zero-order valence-corrected chi connectivity index (χ0v) is 14.8. The number of nitrogens with zero attached hydrogens (tertiary/aromatic N) is 2. The highest BCUT2D eigenvalue weighted by Gasteiger charge is 2.29. The van der Waals surface area contributed by atoms with Crippen LogP contribution in [0.1, 0.15) is 61.3 Å². The molecular weight excluding hydrogens is 302 g/mol. The van der Waals surface area contributed by atoms with Crippen LogP contribution in [0, 0.1) is 0 Å². The number of fused-ring (bicyclic) bond motifs is 1. The summed E-state index contributed by atoms with van der Waals surface area (Å²) in [4.78, 5) is 12.5. The first-order valence-electron chi connectivity index (χ1n) is 8.42. The zero-order valence-electron chi connectivity index (χ0n) is 14.8. The molecule has 1 heterocycles. The first kappa shape index (κ1) is 16.6. The Morgan fingerprint density at radius 1 is 1.29 bits per heavy atom. The second-order valence-corrected chi connectivity index (χ2v) is 7.28. The Balaban J connectivity index is 1.80. The minimum absolute atomic E-state index is 0.0273. The monoisotopic (exact) mass is 327 g/mol. The van der Waals surface area contributed by atoms with E-state index in [2.05, 4.69) is 35.9 Å². The fourth-order valence-electron chi connectivity index (χ4n) is 3.27. The van der Waals surface area contributed by atoms with Crippen molar-refractivity contribution in [3.63, 3.8) is 0 Å². The van der Waals surface area contributed by atoms with Crippen molar-refractivity contribution in [1.82, 2.24) is 15.1 Å². The molecule has 0 aliphatic heterocycles. The summed E-state index contributed by atoms with van der Waals surface area (Å²) in [5, 5.41) is 7.73. The molecule has 24 heavy (non-hydrogen) atoms. The van der Waals surface area contributed by atoms with Crippen LogP contribution in [0.15, 0.2) is 30.5 Å². The molecule has 0 saturated heterocycles. The van der Waals surface area contributed by atoms with Crippen LogP contribution in [-0.2, 0) is 12.0 Å². The van der Waals surface area contributed by atoms with Gasteiger partial charge in [-0.25, -0.2) is 0 Å². The molecule has 5 nitrogen and oxygen atoms in total. The Labute approximate surface area is 143 Å². The zero-order chi connectivity index (χ0) is 17.3. The lowest BCUT2D eigenvalue weighted by Crippen LogP contribution is -2.32. The molecule has 0 fully saturated rings. The lowest BCUT2D eigenvalue weighted by molar-refractivity contribution is 0.0932. The van der Waals surface area contributed by atoms with Crippen molar-refractivity contribution in [2.75, 3.05) is 7.11 Å². The van der Waals surface area contributed by atoms with Crippen LogP contribution >= 0.6 is 0 Å². The van der Waals surface area contributed by atoms with Crippen LogP contribution in [0.2, 0.25) is 0 Å². The van der Waals surface area contributed by atoms with Gasteiger partial charge in [-0.3, -0.25) is 9.48 Å². The molecule has 0 radical (unpaired) electrons. The number of hydrogen-bond donors (Lipinski definition) is 1. The predicted molar refractivity (Wildman–Crippen MR) is 93.4 cm³/mol. The fraction of sp³-hybridized carbons (Fsp3) is 0.474. The standard InChI is InChI=1S/C19H25N3O2/c1-19(2,3)22-17-7-5-6-16(15(17)12-20-22)21-18(23)13-8-10-14(24-4)11-9-13/h8-12,16H,5-7H2,1-4H3,(H,21,23)/t16-/m1/s1. The lowest BCUT2D eigenvalue weighted by Gasteiger charge is -2.28. The van der Waals surface area contributed by atoms with Gasteiger partial charge < -0.3 is 10.1 Å². The summed E-state index contributed by atoms with van der Waals surface area (Å²) >= 11 is 0. The van der Waals surface area contributed by atoms with Crippen molar-refractivity contribution in [2.24, 2.45) is 0 Å². The van der Waals surface area contributed by atoms with E-state index in [4.69, 9.17) is 4.74 Å². The molecule has 2 aromatic rings. The molecule has 1 aromatic heterocycles. The fourth-order valence-corrected chi connectivity index (χ4v) is 3.27. The van der Waals surface area contributed by atoms with Gasteiger partial charge in [-0.15, -0.1) is 0 Å². The molecular formula is C19H25N3O2. The molecule has 1 N–H and O–H groups in total. The number of carbonyl (C=O) groups is 1. The number of aromatic nitrogens is 2. The van der Waals surface area contributed by atoms with Gasteiger partial charge in [-0.1, -0.05) is 0 Å². The number of nitrogens with one attached hydrogen (secondary N) is 1.